The van der Waals surface area contributed by atoms with Gasteiger partial charge in [-0.1, -0.05) is 30.3 Å². The average molecular weight is 306 g/mol. The molecule has 20 heavy (non-hydrogen) atoms. The second-order valence-electron chi connectivity index (χ2n) is 4.14. The molecule has 0 spiro atoms. The molecule has 106 valence electrons. The van der Waals surface area contributed by atoms with Gasteiger partial charge in [-0.3, -0.25) is 0 Å². The molecule has 4 heteroatoms. The van der Waals surface area contributed by atoms with Gasteiger partial charge in [-0.2, -0.15) is 0 Å². The van der Waals surface area contributed by atoms with E-state index in [9.17, 15) is 0 Å². The van der Waals surface area contributed by atoms with Gasteiger partial charge in [0.2, 0.25) is 0 Å². The quantitative estimate of drug-likeness (QED) is 0.719. The molecule has 0 saturated heterocycles. The summed E-state index contributed by atoms with van der Waals surface area (Å²) in [6, 6.07) is 14.5. The van der Waals surface area contributed by atoms with Crippen LogP contribution in [0.5, 0.6) is 11.5 Å². The standard InChI is InChI=1S/C16H18O2S2/c1-17-14-9-13(19-3)10-15(18-2)16(14)20-11-12-7-5-4-6-8-12/h4-10H,11H2,1-3H3. The van der Waals surface area contributed by atoms with Crippen LogP contribution in [0.1, 0.15) is 5.56 Å². The monoisotopic (exact) mass is 306 g/mol. The topological polar surface area (TPSA) is 18.5 Å². The summed E-state index contributed by atoms with van der Waals surface area (Å²) in [5.41, 5.74) is 1.29. The van der Waals surface area contributed by atoms with Crippen LogP contribution in [0.4, 0.5) is 0 Å². The van der Waals surface area contributed by atoms with Crippen LogP contribution >= 0.6 is 23.5 Å². The number of methoxy groups -OCH3 is 2. The van der Waals surface area contributed by atoms with Gasteiger partial charge in [-0.15, -0.1) is 23.5 Å². The fourth-order valence-electron chi connectivity index (χ4n) is 1.85. The minimum Gasteiger partial charge on any atom is -0.495 e. The molecule has 0 bridgehead atoms. The Kier molecular flexibility index (Phi) is 5.68. The molecule has 2 rings (SSSR count). The van der Waals surface area contributed by atoms with Crippen molar-refractivity contribution >= 4 is 23.5 Å². The van der Waals surface area contributed by atoms with E-state index in [1.165, 1.54) is 5.56 Å². The van der Waals surface area contributed by atoms with E-state index in [4.69, 9.17) is 9.47 Å². The molecule has 0 unspecified atom stereocenters. The molecular weight excluding hydrogens is 288 g/mol. The van der Waals surface area contributed by atoms with Crippen molar-refractivity contribution in [2.24, 2.45) is 0 Å². The number of benzene rings is 2. The lowest BCUT2D eigenvalue weighted by Crippen LogP contribution is -1.93. The molecular formula is C16H18O2S2. The number of hydrogen-bond acceptors (Lipinski definition) is 4. The first kappa shape index (κ1) is 15.1. The van der Waals surface area contributed by atoms with Crippen molar-refractivity contribution in [2.45, 2.75) is 15.5 Å². The Morgan fingerprint density at radius 3 is 2.05 bits per heavy atom. The van der Waals surface area contributed by atoms with Gasteiger partial charge in [-0.25, -0.2) is 0 Å². The average Bonchev–Trinajstić information content (AvgIpc) is 2.52. The van der Waals surface area contributed by atoms with Crippen LogP contribution in [0.2, 0.25) is 0 Å². The Morgan fingerprint density at radius 2 is 1.55 bits per heavy atom. The Labute approximate surface area is 128 Å². The van der Waals surface area contributed by atoms with E-state index in [-0.39, 0.29) is 0 Å². The van der Waals surface area contributed by atoms with Gasteiger partial charge in [0.05, 0.1) is 19.1 Å². The molecule has 0 N–H and O–H groups in total. The van der Waals surface area contributed by atoms with Crippen LogP contribution in [0.3, 0.4) is 0 Å². The van der Waals surface area contributed by atoms with Crippen molar-refractivity contribution in [1.29, 1.82) is 0 Å². The molecule has 0 heterocycles. The van der Waals surface area contributed by atoms with Gasteiger partial charge in [0.15, 0.2) is 0 Å². The van der Waals surface area contributed by atoms with Gasteiger partial charge in [0.25, 0.3) is 0 Å². The zero-order chi connectivity index (χ0) is 14.4. The van der Waals surface area contributed by atoms with Crippen molar-refractivity contribution in [2.75, 3.05) is 20.5 Å². The second kappa shape index (κ2) is 7.50. The van der Waals surface area contributed by atoms with Gasteiger partial charge in [0, 0.05) is 10.6 Å². The molecule has 0 fully saturated rings. The smallest absolute Gasteiger partial charge is 0.137 e. The fourth-order valence-corrected chi connectivity index (χ4v) is 3.37. The first-order valence-electron chi connectivity index (χ1n) is 6.25. The molecule has 0 aliphatic heterocycles. The van der Waals surface area contributed by atoms with Crippen LogP contribution in [-0.2, 0) is 5.75 Å². The summed E-state index contributed by atoms with van der Waals surface area (Å²) < 4.78 is 11.0. The maximum Gasteiger partial charge on any atom is 0.137 e. The summed E-state index contributed by atoms with van der Waals surface area (Å²) in [4.78, 5) is 2.19. The van der Waals surface area contributed by atoms with E-state index >= 15 is 0 Å². The van der Waals surface area contributed by atoms with Crippen LogP contribution in [0, 0.1) is 0 Å². The molecule has 2 aromatic carbocycles. The third-order valence-corrected chi connectivity index (χ3v) is 4.77. The van der Waals surface area contributed by atoms with Crippen molar-refractivity contribution in [3.63, 3.8) is 0 Å². The molecule has 0 aliphatic rings. The van der Waals surface area contributed by atoms with E-state index < -0.39 is 0 Å². The number of rotatable bonds is 6. The van der Waals surface area contributed by atoms with Crippen molar-refractivity contribution in [3.8, 4) is 11.5 Å². The highest BCUT2D eigenvalue weighted by Gasteiger charge is 2.13. The van der Waals surface area contributed by atoms with Crippen LogP contribution in [-0.4, -0.2) is 20.5 Å². The molecule has 0 aliphatic carbocycles. The van der Waals surface area contributed by atoms with E-state index in [2.05, 4.69) is 36.4 Å². The van der Waals surface area contributed by atoms with Gasteiger partial charge in [-0.05, 0) is 24.0 Å². The molecule has 2 aromatic rings. The largest absolute Gasteiger partial charge is 0.495 e. The lowest BCUT2D eigenvalue weighted by molar-refractivity contribution is 0.374. The summed E-state index contributed by atoms with van der Waals surface area (Å²) in [5.74, 6) is 2.64. The highest BCUT2D eigenvalue weighted by molar-refractivity contribution is 7.99. The first-order valence-corrected chi connectivity index (χ1v) is 8.46. The maximum atomic E-state index is 5.50. The van der Waals surface area contributed by atoms with E-state index in [1.54, 1.807) is 37.7 Å². The third kappa shape index (κ3) is 3.64. The molecule has 0 radical (unpaired) electrons. The number of hydrogen-bond donors (Lipinski definition) is 0. The maximum absolute atomic E-state index is 5.50. The van der Waals surface area contributed by atoms with Crippen molar-refractivity contribution < 1.29 is 9.47 Å². The Morgan fingerprint density at radius 1 is 0.950 bits per heavy atom. The Balaban J connectivity index is 2.25. The molecule has 0 amide bonds. The predicted octanol–water partition coefficient (Wildman–Crippen LogP) is 4.72. The summed E-state index contributed by atoms with van der Waals surface area (Å²) in [6.45, 7) is 0. The number of thioether (sulfide) groups is 2. The SMILES string of the molecule is COc1cc(SC)cc(OC)c1SCc1ccccc1. The fraction of sp³-hybridized carbons (Fsp3) is 0.250. The predicted molar refractivity (Wildman–Crippen MR) is 87.3 cm³/mol. The van der Waals surface area contributed by atoms with Gasteiger partial charge in [0.1, 0.15) is 11.5 Å². The summed E-state index contributed by atoms with van der Waals surface area (Å²) in [5, 5.41) is 0. The van der Waals surface area contributed by atoms with Crippen molar-refractivity contribution in [3.05, 3.63) is 48.0 Å². The van der Waals surface area contributed by atoms with Gasteiger partial charge >= 0.3 is 0 Å². The van der Waals surface area contributed by atoms with Gasteiger partial charge < -0.3 is 9.47 Å². The normalized spacial score (nSPS) is 10.3. The van der Waals surface area contributed by atoms with Crippen LogP contribution in [0.25, 0.3) is 0 Å². The van der Waals surface area contributed by atoms with Crippen LogP contribution < -0.4 is 9.47 Å². The Hall–Kier alpha value is -1.26. The third-order valence-electron chi connectivity index (χ3n) is 2.90. The number of ether oxygens (including phenoxy) is 2. The van der Waals surface area contributed by atoms with Crippen LogP contribution in [0.15, 0.2) is 52.3 Å². The van der Waals surface area contributed by atoms with E-state index in [0.717, 1.165) is 27.0 Å². The summed E-state index contributed by atoms with van der Waals surface area (Å²) in [6.07, 6.45) is 2.05. The van der Waals surface area contributed by atoms with E-state index in [1.807, 2.05) is 12.3 Å². The molecule has 2 nitrogen and oxygen atoms in total. The minimum absolute atomic E-state index is 0.870. The van der Waals surface area contributed by atoms with Crippen molar-refractivity contribution in [1.82, 2.24) is 0 Å². The highest BCUT2D eigenvalue weighted by atomic mass is 32.2. The molecule has 0 aromatic heterocycles. The minimum atomic E-state index is 0.870. The first-order chi connectivity index (χ1) is 9.78. The molecule has 0 atom stereocenters. The van der Waals surface area contributed by atoms with E-state index in [0.29, 0.717) is 0 Å². The lowest BCUT2D eigenvalue weighted by Gasteiger charge is -2.14. The zero-order valence-electron chi connectivity index (χ0n) is 11.9. The lowest BCUT2D eigenvalue weighted by atomic mass is 10.2. The summed E-state index contributed by atoms with van der Waals surface area (Å²) in [7, 11) is 3.40. The summed E-state index contributed by atoms with van der Waals surface area (Å²) >= 11 is 3.42. The molecule has 0 saturated carbocycles. The highest BCUT2D eigenvalue weighted by Crippen LogP contribution is 2.42. The Bertz CT molecular complexity index is 531. The second-order valence-corrected chi connectivity index (χ2v) is 6.00. The zero-order valence-corrected chi connectivity index (χ0v) is 13.5.